The van der Waals surface area contributed by atoms with Crippen LogP contribution in [0.25, 0.3) is 0 Å². The van der Waals surface area contributed by atoms with Crippen molar-refractivity contribution in [2.75, 3.05) is 0 Å². The van der Waals surface area contributed by atoms with E-state index < -0.39 is 5.54 Å². The Morgan fingerprint density at radius 1 is 1.46 bits per heavy atom. The quantitative estimate of drug-likeness (QED) is 0.541. The molecule has 4 heteroatoms. The fourth-order valence-corrected chi connectivity index (χ4v) is 1.49. The van der Waals surface area contributed by atoms with Crippen molar-refractivity contribution in [2.24, 2.45) is 0 Å². The molecule has 74 valence electrons. The second-order valence-electron chi connectivity index (χ2n) is 4.12. The Balaban J connectivity index is 3.23. The molecular weight excluding hydrogens is 168 g/mol. The topological polar surface area (TPSA) is 46.4 Å². The zero-order valence-corrected chi connectivity index (χ0v) is 8.79. The normalized spacial score (nSPS) is 28.3. The van der Waals surface area contributed by atoms with Crippen LogP contribution in [-0.4, -0.2) is 21.4 Å². The van der Waals surface area contributed by atoms with Crippen LogP contribution >= 0.6 is 0 Å². The van der Waals surface area contributed by atoms with Gasteiger partial charge in [0.15, 0.2) is 0 Å². The van der Waals surface area contributed by atoms with E-state index in [1.54, 1.807) is 34.6 Å². The molecule has 0 aromatic heterocycles. The van der Waals surface area contributed by atoms with Gasteiger partial charge in [-0.2, -0.15) is 0 Å². The zero-order valence-electron chi connectivity index (χ0n) is 8.79. The van der Waals surface area contributed by atoms with Gasteiger partial charge in [0.25, 0.3) is 0 Å². The summed E-state index contributed by atoms with van der Waals surface area (Å²) >= 11 is 0. The van der Waals surface area contributed by atoms with E-state index in [-0.39, 0.29) is 6.04 Å². The van der Waals surface area contributed by atoms with Crippen LogP contribution in [0.5, 0.6) is 0 Å². The zero-order chi connectivity index (χ0) is 10.4. The second kappa shape index (κ2) is 2.80. The first-order chi connectivity index (χ1) is 5.80. The summed E-state index contributed by atoms with van der Waals surface area (Å²) in [6.07, 6.45) is 0. The lowest BCUT2D eigenvalue weighted by molar-refractivity contribution is -0.558. The Bertz CT molecular complexity index is 281. The van der Waals surface area contributed by atoms with Crippen LogP contribution in [0.15, 0.2) is 11.4 Å². The third kappa shape index (κ3) is 1.25. The molecule has 0 amide bonds. The highest BCUT2D eigenvalue weighted by atomic mass is 16.5. The van der Waals surface area contributed by atoms with Gasteiger partial charge in [-0.05, 0) is 20.8 Å². The predicted octanol–water partition coefficient (Wildman–Crippen LogP) is 2.00. The van der Waals surface area contributed by atoms with Crippen molar-refractivity contribution in [3.8, 4) is 0 Å². The molecule has 0 bridgehead atoms. The minimum atomic E-state index is -0.647. The van der Waals surface area contributed by atoms with Crippen molar-refractivity contribution in [3.05, 3.63) is 21.5 Å². The van der Waals surface area contributed by atoms with Gasteiger partial charge in [0.05, 0.1) is 11.2 Å². The summed E-state index contributed by atoms with van der Waals surface area (Å²) in [5.74, 6) is 0. The number of hydrogen-bond donors (Lipinski definition) is 0. The van der Waals surface area contributed by atoms with Crippen molar-refractivity contribution < 1.29 is 4.76 Å². The first-order valence-electron chi connectivity index (χ1n) is 4.41. The van der Waals surface area contributed by atoms with E-state index in [9.17, 15) is 10.1 Å². The lowest BCUT2D eigenvalue weighted by Gasteiger charge is -2.48. The highest BCUT2D eigenvalue weighted by Gasteiger charge is 2.45. The van der Waals surface area contributed by atoms with Crippen LogP contribution in [0, 0.1) is 10.1 Å². The molecule has 1 aliphatic rings. The molecule has 0 spiro atoms. The van der Waals surface area contributed by atoms with Gasteiger partial charge in [-0.25, -0.2) is 0 Å². The largest absolute Gasteiger partial charge is 0.758 e. The number of hydroxylamine groups is 2. The Labute approximate surface area is 78.4 Å². The van der Waals surface area contributed by atoms with Crippen LogP contribution in [0.2, 0.25) is 0 Å². The molecule has 1 atom stereocenters. The molecule has 0 N–H and O–H groups in total. The van der Waals surface area contributed by atoms with E-state index in [1.165, 1.54) is 0 Å². The van der Waals surface area contributed by atoms with Crippen LogP contribution in [0.3, 0.4) is 0 Å². The fraction of sp³-hybridized carbons (Fsp3) is 0.778. The standard InChI is InChI=1S/C9H16N2O2/c1-6-7(2)11(13)9(4,5)8(3)10(6)12/h8H,1-5H3. The van der Waals surface area contributed by atoms with Crippen LogP contribution in [0.1, 0.15) is 34.6 Å². The molecule has 0 saturated carbocycles. The summed E-state index contributed by atoms with van der Waals surface area (Å²) in [7, 11) is 0. The average Bonchev–Trinajstić information content (AvgIpc) is 2.09. The van der Waals surface area contributed by atoms with Gasteiger partial charge in [-0.15, -0.1) is 0 Å². The highest BCUT2D eigenvalue weighted by molar-refractivity contribution is 5.12. The summed E-state index contributed by atoms with van der Waals surface area (Å²) in [5.41, 5.74) is 0.380. The third-order valence-corrected chi connectivity index (χ3v) is 3.06. The number of nitrogens with zero attached hydrogens (tertiary/aromatic N) is 2. The van der Waals surface area contributed by atoms with Gasteiger partial charge >= 0.3 is 0 Å². The maximum Gasteiger partial charge on any atom is 0.248 e. The number of nitroso groups, excluding NO2 is 1. The number of allylic oxidation sites excluding steroid dienone is 2. The molecule has 13 heavy (non-hydrogen) atoms. The lowest BCUT2D eigenvalue weighted by Crippen LogP contribution is -2.55. The lowest BCUT2D eigenvalue weighted by atomic mass is 9.92. The van der Waals surface area contributed by atoms with E-state index in [0.717, 1.165) is 9.82 Å². The van der Waals surface area contributed by atoms with E-state index in [2.05, 4.69) is 0 Å². The molecule has 0 fully saturated rings. The van der Waals surface area contributed by atoms with Crippen molar-refractivity contribution in [2.45, 2.75) is 46.2 Å². The minimum Gasteiger partial charge on any atom is -0.758 e. The molecule has 1 rings (SSSR count). The SMILES string of the molecule is CC1=C(C)[N+](=O)C(C)C(C)(C)N1[O-]. The molecule has 4 nitrogen and oxygen atoms in total. The molecule has 1 aliphatic heterocycles. The number of hydrogen-bond acceptors (Lipinski definition) is 3. The van der Waals surface area contributed by atoms with Gasteiger partial charge in [0.2, 0.25) is 11.7 Å². The highest BCUT2D eigenvalue weighted by Crippen LogP contribution is 2.31. The monoisotopic (exact) mass is 184 g/mol. The van der Waals surface area contributed by atoms with Gasteiger partial charge < -0.3 is 10.3 Å². The van der Waals surface area contributed by atoms with Gasteiger partial charge in [0, 0.05) is 23.5 Å². The fourth-order valence-electron chi connectivity index (χ4n) is 1.49. The Morgan fingerprint density at radius 2 is 1.92 bits per heavy atom. The molecule has 1 heterocycles. The average molecular weight is 184 g/mol. The van der Waals surface area contributed by atoms with Crippen LogP contribution < -0.4 is 0 Å². The third-order valence-electron chi connectivity index (χ3n) is 3.06. The van der Waals surface area contributed by atoms with Crippen LogP contribution in [-0.2, 0) is 0 Å². The van der Waals surface area contributed by atoms with E-state index >= 15 is 0 Å². The summed E-state index contributed by atoms with van der Waals surface area (Å²) < 4.78 is 0.920. The Hall–Kier alpha value is -0.900. The predicted molar refractivity (Wildman–Crippen MR) is 50.7 cm³/mol. The number of rotatable bonds is 0. The van der Waals surface area contributed by atoms with Gasteiger partial charge in [-0.3, -0.25) is 0 Å². The molecule has 0 aromatic carbocycles. The van der Waals surface area contributed by atoms with E-state index in [1.807, 2.05) is 0 Å². The van der Waals surface area contributed by atoms with E-state index in [0.29, 0.717) is 11.4 Å². The maximum absolute atomic E-state index is 11.7. The second-order valence-corrected chi connectivity index (χ2v) is 4.12. The van der Waals surface area contributed by atoms with Crippen molar-refractivity contribution >= 4 is 0 Å². The minimum absolute atomic E-state index is 0.311. The molecular formula is C9H16N2O2. The molecule has 0 aromatic rings. The van der Waals surface area contributed by atoms with E-state index in [4.69, 9.17) is 0 Å². The smallest absolute Gasteiger partial charge is 0.248 e. The summed E-state index contributed by atoms with van der Waals surface area (Å²) in [6.45, 7) is 8.70. The summed E-state index contributed by atoms with van der Waals surface area (Å²) in [6, 6.07) is -0.311. The molecule has 0 aliphatic carbocycles. The Morgan fingerprint density at radius 3 is 2.38 bits per heavy atom. The maximum atomic E-state index is 11.7. The first kappa shape index (κ1) is 10.2. The van der Waals surface area contributed by atoms with Crippen LogP contribution in [0.4, 0.5) is 0 Å². The Kier molecular flexibility index (Phi) is 2.20. The van der Waals surface area contributed by atoms with Crippen molar-refractivity contribution in [1.82, 2.24) is 5.06 Å². The molecule has 0 radical (unpaired) electrons. The van der Waals surface area contributed by atoms with Crippen molar-refractivity contribution in [3.63, 3.8) is 0 Å². The summed E-state index contributed by atoms with van der Waals surface area (Å²) in [5, 5.41) is 12.6. The summed E-state index contributed by atoms with van der Waals surface area (Å²) in [4.78, 5) is 11.6. The first-order valence-corrected chi connectivity index (χ1v) is 4.41. The molecule has 1 unspecified atom stereocenters. The van der Waals surface area contributed by atoms with Gasteiger partial charge in [0.1, 0.15) is 0 Å². The molecule has 0 saturated heterocycles. The van der Waals surface area contributed by atoms with Gasteiger partial charge in [-0.1, -0.05) is 0 Å². The van der Waals surface area contributed by atoms with Crippen molar-refractivity contribution in [1.29, 1.82) is 0 Å².